The number of rotatable bonds is 4. The van der Waals surface area contributed by atoms with Crippen LogP contribution < -0.4 is 0 Å². The molecule has 1 aliphatic heterocycles. The second-order valence-electron chi connectivity index (χ2n) is 8.26. The van der Waals surface area contributed by atoms with Gasteiger partial charge in [-0.2, -0.15) is 9.40 Å². The Balaban J connectivity index is 1.50. The summed E-state index contributed by atoms with van der Waals surface area (Å²) in [6, 6.07) is 7.98. The van der Waals surface area contributed by atoms with E-state index in [0.717, 1.165) is 39.6 Å². The van der Waals surface area contributed by atoms with Crippen molar-refractivity contribution in [2.75, 3.05) is 13.1 Å². The fourth-order valence-electron chi connectivity index (χ4n) is 4.54. The number of aldehydes is 1. The SMILES string of the molecule is O=CC12Cc3cnn(-c4ccc(F)cc4)c3C=C1CCN(S(=O)(=O)c1cc(F)cc(F)c1)C2. The summed E-state index contributed by atoms with van der Waals surface area (Å²) in [7, 11) is -4.21. The van der Waals surface area contributed by atoms with Gasteiger partial charge in [0.1, 0.15) is 23.7 Å². The zero-order chi connectivity index (χ0) is 23.4. The van der Waals surface area contributed by atoms with E-state index in [9.17, 15) is 26.4 Å². The highest BCUT2D eigenvalue weighted by molar-refractivity contribution is 7.89. The Morgan fingerprint density at radius 3 is 2.36 bits per heavy atom. The number of nitrogens with zero attached hydrogens (tertiary/aromatic N) is 3. The number of fused-ring (bicyclic) bond motifs is 2. The second kappa shape index (κ2) is 7.67. The number of hydrogen-bond donors (Lipinski definition) is 0. The molecule has 3 aromatic rings. The first-order chi connectivity index (χ1) is 15.7. The van der Waals surface area contributed by atoms with Crippen LogP contribution in [0.3, 0.4) is 0 Å². The van der Waals surface area contributed by atoms with Crippen molar-refractivity contribution < 1.29 is 26.4 Å². The van der Waals surface area contributed by atoms with Gasteiger partial charge in [-0.1, -0.05) is 5.57 Å². The smallest absolute Gasteiger partial charge is 0.243 e. The number of carbonyl (C=O) groups is 1. The molecule has 6 nitrogen and oxygen atoms in total. The molecule has 1 fully saturated rings. The number of aromatic nitrogens is 2. The largest absolute Gasteiger partial charge is 0.302 e. The molecule has 0 amide bonds. The lowest BCUT2D eigenvalue weighted by Gasteiger charge is -2.42. The summed E-state index contributed by atoms with van der Waals surface area (Å²) in [5.41, 5.74) is 1.79. The van der Waals surface area contributed by atoms with E-state index in [0.29, 0.717) is 11.8 Å². The van der Waals surface area contributed by atoms with Gasteiger partial charge in [0.2, 0.25) is 10.0 Å². The highest BCUT2D eigenvalue weighted by atomic mass is 32.2. The first-order valence-electron chi connectivity index (χ1n) is 10.2. The maximum absolute atomic E-state index is 13.6. The van der Waals surface area contributed by atoms with E-state index >= 15 is 0 Å². The molecule has 0 spiro atoms. The molecule has 2 heterocycles. The molecule has 5 rings (SSSR count). The van der Waals surface area contributed by atoms with E-state index < -0.39 is 32.0 Å². The van der Waals surface area contributed by atoms with Gasteiger partial charge in [-0.15, -0.1) is 0 Å². The molecule has 10 heteroatoms. The molecule has 1 unspecified atom stereocenters. The first-order valence-corrected chi connectivity index (χ1v) is 11.6. The second-order valence-corrected chi connectivity index (χ2v) is 10.2. The number of hydrogen-bond acceptors (Lipinski definition) is 4. The van der Waals surface area contributed by atoms with E-state index in [-0.39, 0.29) is 31.7 Å². The zero-order valence-electron chi connectivity index (χ0n) is 17.2. The lowest BCUT2D eigenvalue weighted by atomic mass is 9.70. The van der Waals surface area contributed by atoms with Crippen LogP contribution in [0.25, 0.3) is 11.8 Å². The van der Waals surface area contributed by atoms with Crippen molar-refractivity contribution in [3.05, 3.63) is 82.9 Å². The standard InChI is InChI=1S/C23H18F3N3O3S/c24-17-1-3-20(4-2-17)29-22-7-16-5-6-28(13-23(16,14-30)11-15(22)12-27-29)33(31,32)21-9-18(25)8-19(26)10-21/h1-4,7-10,12,14H,5-6,11,13H2. The van der Waals surface area contributed by atoms with Crippen LogP contribution in [0, 0.1) is 22.9 Å². The molecule has 0 N–H and O–H groups in total. The summed E-state index contributed by atoms with van der Waals surface area (Å²) in [4.78, 5) is 11.8. The van der Waals surface area contributed by atoms with E-state index in [1.54, 1.807) is 23.0 Å². The number of piperidine rings is 1. The number of carbonyl (C=O) groups excluding carboxylic acids is 1. The Hall–Kier alpha value is -3.24. The first kappa shape index (κ1) is 21.6. The fraction of sp³-hybridized carbons (Fsp3) is 0.217. The van der Waals surface area contributed by atoms with Crippen molar-refractivity contribution in [2.24, 2.45) is 5.41 Å². The molecule has 1 atom stereocenters. The van der Waals surface area contributed by atoms with Crippen LogP contribution in [0.1, 0.15) is 17.7 Å². The number of halogens is 3. The normalized spacial score (nSPS) is 20.6. The van der Waals surface area contributed by atoms with E-state index in [1.807, 2.05) is 6.08 Å². The molecule has 1 aliphatic carbocycles. The van der Waals surface area contributed by atoms with Gasteiger partial charge in [-0.05, 0) is 60.9 Å². The van der Waals surface area contributed by atoms with Crippen LogP contribution in [-0.2, 0) is 21.2 Å². The van der Waals surface area contributed by atoms with Gasteiger partial charge in [-0.3, -0.25) is 0 Å². The number of sulfonamides is 1. The Morgan fingerprint density at radius 1 is 1.00 bits per heavy atom. The van der Waals surface area contributed by atoms with Crippen molar-refractivity contribution in [1.82, 2.24) is 14.1 Å². The minimum Gasteiger partial charge on any atom is -0.302 e. The maximum Gasteiger partial charge on any atom is 0.243 e. The lowest BCUT2D eigenvalue weighted by Crippen LogP contribution is -2.50. The van der Waals surface area contributed by atoms with Crippen LogP contribution in [0.2, 0.25) is 0 Å². The Kier molecular flexibility index (Phi) is 5.02. The van der Waals surface area contributed by atoms with Crippen LogP contribution in [-0.4, -0.2) is 41.9 Å². The van der Waals surface area contributed by atoms with E-state index in [2.05, 4.69) is 5.10 Å². The molecule has 0 saturated carbocycles. The fourth-order valence-corrected chi connectivity index (χ4v) is 6.09. The molecule has 0 radical (unpaired) electrons. The van der Waals surface area contributed by atoms with Crippen molar-refractivity contribution in [3.8, 4) is 5.69 Å². The average molecular weight is 473 g/mol. The molecule has 2 aliphatic rings. The van der Waals surface area contributed by atoms with Gasteiger partial charge in [-0.25, -0.2) is 26.3 Å². The molecule has 170 valence electrons. The minimum atomic E-state index is -4.21. The molecule has 0 bridgehead atoms. The quantitative estimate of drug-likeness (QED) is 0.544. The van der Waals surface area contributed by atoms with Gasteiger partial charge in [0, 0.05) is 19.2 Å². The molecule has 1 saturated heterocycles. The van der Waals surface area contributed by atoms with Crippen molar-refractivity contribution in [2.45, 2.75) is 17.7 Å². The summed E-state index contributed by atoms with van der Waals surface area (Å²) >= 11 is 0. The van der Waals surface area contributed by atoms with E-state index in [4.69, 9.17) is 0 Å². The monoisotopic (exact) mass is 473 g/mol. The predicted molar refractivity (Wildman–Crippen MR) is 113 cm³/mol. The third-order valence-electron chi connectivity index (χ3n) is 6.20. The van der Waals surface area contributed by atoms with Gasteiger partial charge < -0.3 is 4.79 Å². The number of benzene rings is 2. The summed E-state index contributed by atoms with van der Waals surface area (Å²) in [5, 5.41) is 4.37. The predicted octanol–water partition coefficient (Wildman–Crippen LogP) is 3.51. The molecule has 33 heavy (non-hydrogen) atoms. The summed E-state index contributed by atoms with van der Waals surface area (Å²) in [5.74, 6) is -2.36. The summed E-state index contributed by atoms with van der Waals surface area (Å²) in [6.07, 6.45) is 4.67. The van der Waals surface area contributed by atoms with Gasteiger partial charge in [0.05, 0.1) is 27.9 Å². The summed E-state index contributed by atoms with van der Waals surface area (Å²) in [6.45, 7) is -0.0914. The Labute approximate surface area is 188 Å². The van der Waals surface area contributed by atoms with Crippen molar-refractivity contribution in [1.29, 1.82) is 0 Å². The maximum atomic E-state index is 13.6. The topological polar surface area (TPSA) is 72.3 Å². The molecule has 1 aromatic heterocycles. The molecular weight excluding hydrogens is 455 g/mol. The van der Waals surface area contributed by atoms with Crippen molar-refractivity contribution in [3.63, 3.8) is 0 Å². The van der Waals surface area contributed by atoms with Crippen LogP contribution >= 0.6 is 0 Å². The van der Waals surface area contributed by atoms with Gasteiger partial charge in [0.25, 0.3) is 0 Å². The highest BCUT2D eigenvalue weighted by Gasteiger charge is 2.46. The van der Waals surface area contributed by atoms with E-state index in [1.165, 1.54) is 12.1 Å². The third-order valence-corrected chi connectivity index (χ3v) is 8.03. The molecule has 2 aromatic carbocycles. The Morgan fingerprint density at radius 2 is 1.70 bits per heavy atom. The van der Waals surface area contributed by atoms with Gasteiger partial charge in [0.15, 0.2) is 0 Å². The highest BCUT2D eigenvalue weighted by Crippen LogP contribution is 2.44. The van der Waals surface area contributed by atoms with Crippen LogP contribution in [0.15, 0.2) is 59.1 Å². The molecular formula is C23H18F3N3O3S. The van der Waals surface area contributed by atoms with Gasteiger partial charge >= 0.3 is 0 Å². The van der Waals surface area contributed by atoms with Crippen LogP contribution in [0.4, 0.5) is 13.2 Å². The average Bonchev–Trinajstić information content (AvgIpc) is 3.19. The lowest BCUT2D eigenvalue weighted by molar-refractivity contribution is -0.115. The van der Waals surface area contributed by atoms with Crippen molar-refractivity contribution >= 4 is 22.4 Å². The third kappa shape index (κ3) is 3.59. The zero-order valence-corrected chi connectivity index (χ0v) is 18.0. The minimum absolute atomic E-state index is 0.0574. The van der Waals surface area contributed by atoms with Crippen LogP contribution in [0.5, 0.6) is 0 Å². The summed E-state index contributed by atoms with van der Waals surface area (Å²) < 4.78 is 69.5. The Bertz CT molecular complexity index is 1380.